The van der Waals surface area contributed by atoms with E-state index in [-0.39, 0.29) is 0 Å². The summed E-state index contributed by atoms with van der Waals surface area (Å²) in [5, 5.41) is 0. The van der Waals surface area contributed by atoms with Crippen LogP contribution >= 0.6 is 0 Å². The minimum absolute atomic E-state index is 1.24. The van der Waals surface area contributed by atoms with Crippen molar-refractivity contribution in [1.29, 1.82) is 0 Å². The maximum atomic E-state index is 2.42. The molecular formula is C20H44N+. The lowest BCUT2D eigenvalue weighted by Crippen LogP contribution is -2.41. The fourth-order valence-electron chi connectivity index (χ4n) is 3.11. The van der Waals surface area contributed by atoms with Crippen molar-refractivity contribution in [2.45, 2.75) is 104 Å². The molecule has 1 nitrogen and oxygen atoms in total. The van der Waals surface area contributed by atoms with Gasteiger partial charge in [0.05, 0.1) is 27.2 Å². The second-order valence-corrected chi connectivity index (χ2v) is 7.63. The number of hydrogen-bond donors (Lipinski definition) is 0. The first-order valence-electron chi connectivity index (χ1n) is 9.94. The molecule has 0 aromatic rings. The van der Waals surface area contributed by atoms with Gasteiger partial charge in [-0.2, -0.15) is 0 Å². The summed E-state index contributed by atoms with van der Waals surface area (Å²) in [6.07, 6.45) is 20.1. The van der Waals surface area contributed by atoms with Crippen LogP contribution in [0.1, 0.15) is 104 Å². The van der Waals surface area contributed by atoms with Gasteiger partial charge in [-0.1, -0.05) is 78.1 Å². The van der Waals surface area contributed by atoms with Gasteiger partial charge in [0, 0.05) is 0 Å². The molecule has 0 bridgehead atoms. The monoisotopic (exact) mass is 298 g/mol. The van der Waals surface area contributed by atoms with Crippen molar-refractivity contribution in [2.24, 2.45) is 0 Å². The van der Waals surface area contributed by atoms with Gasteiger partial charge in [-0.15, -0.1) is 0 Å². The largest absolute Gasteiger partial charge is 0.328 e. The SMILES string of the molecule is CCCCCCCCC[N+](C)(C)CCCCCCCCC. The fourth-order valence-corrected chi connectivity index (χ4v) is 3.11. The van der Waals surface area contributed by atoms with E-state index < -0.39 is 0 Å². The molecule has 0 unspecified atom stereocenters. The van der Waals surface area contributed by atoms with Gasteiger partial charge in [-0.25, -0.2) is 0 Å². The number of unbranched alkanes of at least 4 members (excludes halogenated alkanes) is 12. The van der Waals surface area contributed by atoms with Crippen molar-refractivity contribution in [3.8, 4) is 0 Å². The Labute approximate surface area is 136 Å². The van der Waals surface area contributed by atoms with Crippen LogP contribution < -0.4 is 0 Å². The first-order valence-corrected chi connectivity index (χ1v) is 9.94. The summed E-state index contributed by atoms with van der Waals surface area (Å²) in [6, 6.07) is 0. The molecule has 0 rings (SSSR count). The van der Waals surface area contributed by atoms with Crippen LogP contribution in [0.4, 0.5) is 0 Å². The highest BCUT2D eigenvalue weighted by molar-refractivity contribution is 4.47. The van der Waals surface area contributed by atoms with Gasteiger partial charge in [0.25, 0.3) is 0 Å². The van der Waals surface area contributed by atoms with E-state index in [4.69, 9.17) is 0 Å². The van der Waals surface area contributed by atoms with Crippen molar-refractivity contribution >= 4 is 0 Å². The summed E-state index contributed by atoms with van der Waals surface area (Å²) < 4.78 is 1.24. The van der Waals surface area contributed by atoms with E-state index in [1.165, 1.54) is 107 Å². The topological polar surface area (TPSA) is 0 Å². The third-order valence-electron chi connectivity index (χ3n) is 4.73. The van der Waals surface area contributed by atoms with E-state index in [9.17, 15) is 0 Å². The molecule has 0 N–H and O–H groups in total. The van der Waals surface area contributed by atoms with Crippen LogP contribution in [0, 0.1) is 0 Å². The van der Waals surface area contributed by atoms with Gasteiger partial charge in [0.2, 0.25) is 0 Å². The average molecular weight is 299 g/mol. The molecule has 21 heavy (non-hydrogen) atoms. The van der Waals surface area contributed by atoms with Gasteiger partial charge >= 0.3 is 0 Å². The molecule has 128 valence electrons. The van der Waals surface area contributed by atoms with E-state index >= 15 is 0 Å². The minimum atomic E-state index is 1.24. The zero-order valence-corrected chi connectivity index (χ0v) is 15.8. The normalized spacial score (nSPS) is 12.0. The van der Waals surface area contributed by atoms with Gasteiger partial charge in [0.1, 0.15) is 0 Å². The molecule has 0 saturated carbocycles. The molecule has 0 saturated heterocycles. The molecule has 0 amide bonds. The zero-order chi connectivity index (χ0) is 15.8. The quantitative estimate of drug-likeness (QED) is 0.223. The Morgan fingerprint density at radius 3 is 1.05 bits per heavy atom. The average Bonchev–Trinajstić information content (AvgIpc) is 2.45. The molecule has 0 fully saturated rings. The number of rotatable bonds is 16. The Hall–Kier alpha value is -0.0400. The lowest BCUT2D eigenvalue weighted by molar-refractivity contribution is -0.890. The molecule has 0 atom stereocenters. The predicted molar refractivity (Wildman–Crippen MR) is 97.8 cm³/mol. The molecule has 0 radical (unpaired) electrons. The lowest BCUT2D eigenvalue weighted by Gasteiger charge is -2.30. The Morgan fingerprint density at radius 2 is 0.714 bits per heavy atom. The summed E-state index contributed by atoms with van der Waals surface area (Å²) in [5.41, 5.74) is 0. The summed E-state index contributed by atoms with van der Waals surface area (Å²) in [5.74, 6) is 0. The molecule has 0 aliphatic heterocycles. The zero-order valence-electron chi connectivity index (χ0n) is 15.8. The summed E-state index contributed by atoms with van der Waals surface area (Å²) >= 11 is 0. The maximum Gasteiger partial charge on any atom is 0.0782 e. The molecule has 0 heterocycles. The second kappa shape index (κ2) is 14.9. The van der Waals surface area contributed by atoms with Crippen molar-refractivity contribution in [3.63, 3.8) is 0 Å². The standard InChI is InChI=1S/C20H44N/c1-5-7-9-11-13-15-17-19-21(3,4)20-18-16-14-12-10-8-6-2/h5-20H2,1-4H3/q+1. The Morgan fingerprint density at radius 1 is 0.429 bits per heavy atom. The number of hydrogen-bond acceptors (Lipinski definition) is 0. The molecule has 0 aromatic carbocycles. The minimum Gasteiger partial charge on any atom is -0.328 e. The van der Waals surface area contributed by atoms with Crippen LogP contribution in [0.15, 0.2) is 0 Å². The summed E-state index contributed by atoms with van der Waals surface area (Å²) in [6.45, 7) is 7.35. The summed E-state index contributed by atoms with van der Waals surface area (Å²) in [7, 11) is 4.85. The number of nitrogens with zero attached hydrogens (tertiary/aromatic N) is 1. The van der Waals surface area contributed by atoms with Gasteiger partial charge in [-0.05, 0) is 25.7 Å². The van der Waals surface area contributed by atoms with Gasteiger partial charge in [-0.3, -0.25) is 0 Å². The second-order valence-electron chi connectivity index (χ2n) is 7.63. The maximum absolute atomic E-state index is 2.42. The molecular weight excluding hydrogens is 254 g/mol. The Kier molecular flexibility index (Phi) is 14.9. The van der Waals surface area contributed by atoms with E-state index in [2.05, 4.69) is 27.9 Å². The number of quaternary nitrogens is 1. The first-order chi connectivity index (χ1) is 10.1. The van der Waals surface area contributed by atoms with Crippen LogP contribution in [0.5, 0.6) is 0 Å². The lowest BCUT2D eigenvalue weighted by atomic mass is 10.1. The van der Waals surface area contributed by atoms with Crippen molar-refractivity contribution in [2.75, 3.05) is 27.2 Å². The Bertz CT molecular complexity index is 178. The van der Waals surface area contributed by atoms with Gasteiger partial charge in [0.15, 0.2) is 0 Å². The van der Waals surface area contributed by atoms with Crippen molar-refractivity contribution < 1.29 is 4.48 Å². The highest BCUT2D eigenvalue weighted by Crippen LogP contribution is 2.12. The van der Waals surface area contributed by atoms with E-state index in [0.29, 0.717) is 0 Å². The van der Waals surface area contributed by atoms with Crippen LogP contribution in [0.2, 0.25) is 0 Å². The smallest absolute Gasteiger partial charge is 0.0782 e. The molecule has 0 aliphatic rings. The first kappa shape index (κ1) is 21.0. The van der Waals surface area contributed by atoms with E-state index in [0.717, 1.165) is 0 Å². The summed E-state index contributed by atoms with van der Waals surface area (Å²) in [4.78, 5) is 0. The van der Waals surface area contributed by atoms with Crippen LogP contribution in [-0.4, -0.2) is 31.7 Å². The predicted octanol–water partition coefficient (Wildman–Crippen LogP) is 6.56. The van der Waals surface area contributed by atoms with Crippen LogP contribution in [-0.2, 0) is 0 Å². The molecule has 0 spiro atoms. The third-order valence-corrected chi connectivity index (χ3v) is 4.73. The fraction of sp³-hybridized carbons (Fsp3) is 1.00. The van der Waals surface area contributed by atoms with Gasteiger partial charge < -0.3 is 4.48 Å². The van der Waals surface area contributed by atoms with Crippen LogP contribution in [0.25, 0.3) is 0 Å². The van der Waals surface area contributed by atoms with Crippen LogP contribution in [0.3, 0.4) is 0 Å². The molecule has 1 heteroatoms. The Balaban J connectivity index is 3.35. The third kappa shape index (κ3) is 16.2. The van der Waals surface area contributed by atoms with E-state index in [1.807, 2.05) is 0 Å². The van der Waals surface area contributed by atoms with Crippen molar-refractivity contribution in [3.05, 3.63) is 0 Å². The molecule has 0 aliphatic carbocycles. The van der Waals surface area contributed by atoms with E-state index in [1.54, 1.807) is 0 Å². The highest BCUT2D eigenvalue weighted by Gasteiger charge is 2.13. The molecule has 0 aromatic heterocycles. The highest BCUT2D eigenvalue weighted by atomic mass is 15.3. The van der Waals surface area contributed by atoms with Crippen molar-refractivity contribution in [1.82, 2.24) is 0 Å².